The third kappa shape index (κ3) is 5.49. The molecule has 7 heteroatoms. The number of esters is 1. The van der Waals surface area contributed by atoms with E-state index in [1.165, 1.54) is 13.0 Å². The van der Waals surface area contributed by atoms with Gasteiger partial charge in [-0.25, -0.2) is 13.2 Å². The summed E-state index contributed by atoms with van der Waals surface area (Å²) < 4.78 is 27.8. The summed E-state index contributed by atoms with van der Waals surface area (Å²) >= 11 is 0. The number of benzene rings is 1. The van der Waals surface area contributed by atoms with Gasteiger partial charge in [-0.2, -0.15) is 0 Å². The molecule has 0 unspecified atom stereocenters. The van der Waals surface area contributed by atoms with Crippen molar-refractivity contribution in [1.82, 2.24) is 5.32 Å². The van der Waals surface area contributed by atoms with Crippen LogP contribution in [0.15, 0.2) is 30.3 Å². The van der Waals surface area contributed by atoms with E-state index in [0.29, 0.717) is 6.42 Å². The zero-order valence-corrected chi connectivity index (χ0v) is 14.5. The van der Waals surface area contributed by atoms with Crippen LogP contribution < -0.4 is 5.32 Å². The van der Waals surface area contributed by atoms with Crippen LogP contribution in [-0.2, 0) is 24.2 Å². The number of aryl methyl sites for hydroxylation is 1. The quantitative estimate of drug-likeness (QED) is 0.637. The molecule has 0 spiro atoms. The number of rotatable bonds is 5. The Morgan fingerprint density at radius 2 is 1.96 bits per heavy atom. The van der Waals surface area contributed by atoms with Crippen molar-refractivity contribution in [3.8, 4) is 0 Å². The Balaban J connectivity index is 1.82. The van der Waals surface area contributed by atoms with Gasteiger partial charge in [0, 0.05) is 12.1 Å². The van der Waals surface area contributed by atoms with E-state index < -0.39 is 33.9 Å². The van der Waals surface area contributed by atoms with E-state index in [1.54, 1.807) is 6.08 Å². The van der Waals surface area contributed by atoms with Crippen molar-refractivity contribution >= 4 is 27.8 Å². The first-order valence-electron chi connectivity index (χ1n) is 7.71. The summed E-state index contributed by atoms with van der Waals surface area (Å²) in [5, 5.41) is 2.60. The second kappa shape index (κ2) is 7.61. The third-order valence-electron chi connectivity index (χ3n) is 3.73. The first-order valence-corrected chi connectivity index (χ1v) is 9.53. The maximum absolute atomic E-state index is 11.9. The van der Waals surface area contributed by atoms with Crippen molar-refractivity contribution in [2.45, 2.75) is 32.4 Å². The van der Waals surface area contributed by atoms with Gasteiger partial charge < -0.3 is 10.1 Å². The molecule has 0 saturated carbocycles. The van der Waals surface area contributed by atoms with E-state index in [-0.39, 0.29) is 11.5 Å². The van der Waals surface area contributed by atoms with Gasteiger partial charge in [0.15, 0.2) is 15.9 Å². The van der Waals surface area contributed by atoms with E-state index >= 15 is 0 Å². The summed E-state index contributed by atoms with van der Waals surface area (Å²) in [7, 11) is -3.07. The van der Waals surface area contributed by atoms with Crippen LogP contribution in [0.2, 0.25) is 0 Å². The number of amides is 1. The summed E-state index contributed by atoms with van der Waals surface area (Å²) in [6.45, 7) is 3.42. The maximum Gasteiger partial charge on any atom is 0.331 e. The van der Waals surface area contributed by atoms with Crippen LogP contribution >= 0.6 is 0 Å². The van der Waals surface area contributed by atoms with Crippen molar-refractivity contribution in [1.29, 1.82) is 0 Å². The molecule has 1 fully saturated rings. The highest BCUT2D eigenvalue weighted by atomic mass is 32.2. The van der Waals surface area contributed by atoms with Gasteiger partial charge >= 0.3 is 5.97 Å². The normalized spacial score (nSPS) is 20.7. The van der Waals surface area contributed by atoms with Gasteiger partial charge in [0.05, 0.1) is 11.5 Å². The minimum absolute atomic E-state index is 0.0628. The second-order valence-electron chi connectivity index (χ2n) is 5.93. The zero-order valence-electron chi connectivity index (χ0n) is 13.7. The lowest BCUT2D eigenvalue weighted by molar-refractivity contribution is -0.150. The monoisotopic (exact) mass is 351 g/mol. The predicted octanol–water partition coefficient (Wildman–Crippen LogP) is 1.24. The lowest BCUT2D eigenvalue weighted by Crippen LogP contribution is -2.42. The van der Waals surface area contributed by atoms with Gasteiger partial charge in [0.2, 0.25) is 0 Å². The molecule has 24 heavy (non-hydrogen) atoms. The van der Waals surface area contributed by atoms with Crippen LogP contribution in [-0.4, -0.2) is 43.9 Å². The lowest BCUT2D eigenvalue weighted by atomic mass is 10.1. The molecule has 1 aliphatic rings. The lowest BCUT2D eigenvalue weighted by Gasteiger charge is -2.15. The molecule has 0 aromatic heterocycles. The predicted molar refractivity (Wildman–Crippen MR) is 91.0 cm³/mol. The van der Waals surface area contributed by atoms with Gasteiger partial charge in [-0.1, -0.05) is 29.8 Å². The Bertz CT molecular complexity index is 737. The first-order chi connectivity index (χ1) is 11.2. The molecular weight excluding hydrogens is 330 g/mol. The molecular formula is C17H21NO5S. The number of ether oxygens (including phenoxy) is 1. The number of hydrogen-bond acceptors (Lipinski definition) is 5. The van der Waals surface area contributed by atoms with Gasteiger partial charge in [-0.05, 0) is 31.9 Å². The molecule has 1 aromatic carbocycles. The fourth-order valence-corrected chi connectivity index (χ4v) is 4.01. The molecule has 1 N–H and O–H groups in total. The van der Waals surface area contributed by atoms with E-state index in [9.17, 15) is 18.0 Å². The number of carbonyl (C=O) groups is 2. The van der Waals surface area contributed by atoms with Gasteiger partial charge in [-0.3, -0.25) is 4.79 Å². The smallest absolute Gasteiger partial charge is 0.331 e. The largest absolute Gasteiger partial charge is 0.449 e. The van der Waals surface area contributed by atoms with Crippen LogP contribution in [0.5, 0.6) is 0 Å². The van der Waals surface area contributed by atoms with E-state index in [2.05, 4.69) is 5.32 Å². The minimum Gasteiger partial charge on any atom is -0.449 e. The highest BCUT2D eigenvalue weighted by Gasteiger charge is 2.30. The summed E-state index contributed by atoms with van der Waals surface area (Å²) in [5.74, 6) is -1.11. The fourth-order valence-electron chi connectivity index (χ4n) is 2.34. The molecule has 2 atom stereocenters. The topological polar surface area (TPSA) is 89.5 Å². The Morgan fingerprint density at radius 3 is 2.54 bits per heavy atom. The average molecular weight is 351 g/mol. The second-order valence-corrected chi connectivity index (χ2v) is 8.16. The Morgan fingerprint density at radius 1 is 1.29 bits per heavy atom. The molecule has 1 amide bonds. The van der Waals surface area contributed by atoms with Crippen molar-refractivity contribution in [3.05, 3.63) is 41.5 Å². The Kier molecular flexibility index (Phi) is 5.77. The third-order valence-corrected chi connectivity index (χ3v) is 5.50. The van der Waals surface area contributed by atoms with Crippen molar-refractivity contribution in [2.75, 3.05) is 11.5 Å². The van der Waals surface area contributed by atoms with E-state index in [0.717, 1.165) is 11.1 Å². The molecule has 1 aromatic rings. The van der Waals surface area contributed by atoms with Crippen LogP contribution in [0.1, 0.15) is 24.5 Å². The van der Waals surface area contributed by atoms with Crippen LogP contribution in [0.25, 0.3) is 6.08 Å². The van der Waals surface area contributed by atoms with Crippen LogP contribution in [0.4, 0.5) is 0 Å². The zero-order chi connectivity index (χ0) is 17.7. The molecule has 6 nitrogen and oxygen atoms in total. The number of carbonyl (C=O) groups excluding carboxylic acids is 2. The summed E-state index contributed by atoms with van der Waals surface area (Å²) in [5.41, 5.74) is 1.97. The van der Waals surface area contributed by atoms with Crippen molar-refractivity contribution in [3.63, 3.8) is 0 Å². The molecule has 2 rings (SSSR count). The van der Waals surface area contributed by atoms with Crippen molar-refractivity contribution in [2.24, 2.45) is 0 Å². The van der Waals surface area contributed by atoms with E-state index in [4.69, 9.17) is 4.74 Å². The highest BCUT2D eigenvalue weighted by Crippen LogP contribution is 2.11. The number of nitrogens with one attached hydrogen (secondary N) is 1. The van der Waals surface area contributed by atoms with Crippen LogP contribution in [0.3, 0.4) is 0 Å². The minimum atomic E-state index is -3.07. The highest BCUT2D eigenvalue weighted by molar-refractivity contribution is 7.91. The van der Waals surface area contributed by atoms with E-state index in [1.807, 2.05) is 31.2 Å². The molecule has 0 bridgehead atoms. The standard InChI is InChI=1S/C17H21NO5S/c1-12-3-5-14(6-4-12)7-8-16(19)23-13(2)17(20)18-15-9-10-24(21,22)11-15/h3-8,13,15H,9-11H2,1-2H3,(H,18,20)/b8-7+/t13-,15+/m1/s1. The maximum atomic E-state index is 11.9. The molecule has 1 aliphatic heterocycles. The summed E-state index contributed by atoms with van der Waals surface area (Å²) in [6, 6.07) is 7.19. The summed E-state index contributed by atoms with van der Waals surface area (Å²) in [4.78, 5) is 23.7. The number of hydrogen-bond donors (Lipinski definition) is 1. The number of sulfone groups is 1. The SMILES string of the molecule is Cc1ccc(/C=C/C(=O)O[C@H](C)C(=O)N[C@H]2CCS(=O)(=O)C2)cc1. The fraction of sp³-hybridized carbons (Fsp3) is 0.412. The molecule has 1 saturated heterocycles. The van der Waals surface area contributed by atoms with Gasteiger partial charge in [-0.15, -0.1) is 0 Å². The van der Waals surface area contributed by atoms with Crippen LogP contribution in [0, 0.1) is 6.92 Å². The van der Waals surface area contributed by atoms with Gasteiger partial charge in [0.25, 0.3) is 5.91 Å². The molecule has 1 heterocycles. The molecule has 0 radical (unpaired) electrons. The average Bonchev–Trinajstić information content (AvgIpc) is 2.85. The molecule has 130 valence electrons. The van der Waals surface area contributed by atoms with Gasteiger partial charge in [0.1, 0.15) is 0 Å². The molecule has 0 aliphatic carbocycles. The van der Waals surface area contributed by atoms with Crippen molar-refractivity contribution < 1.29 is 22.7 Å². The summed E-state index contributed by atoms with van der Waals surface area (Å²) in [6.07, 6.45) is 2.27. The Hall–Kier alpha value is -2.15. The first kappa shape index (κ1) is 18.2. The Labute approximate surface area is 141 Å².